The van der Waals surface area contributed by atoms with Crippen LogP contribution in [0.2, 0.25) is 0 Å². The third-order valence-corrected chi connectivity index (χ3v) is 1.75. The Morgan fingerprint density at radius 2 is 1.94 bits per heavy atom. The largest absolute Gasteiger partial charge is 0.461 e. The van der Waals surface area contributed by atoms with Crippen molar-refractivity contribution in [3.8, 4) is 0 Å². The number of halogens is 3. The molecule has 0 fully saturated rings. The van der Waals surface area contributed by atoms with E-state index in [4.69, 9.17) is 10.2 Å². The van der Waals surface area contributed by atoms with E-state index in [1.807, 2.05) is 5.32 Å². The average molecular weight is 271 g/mol. The quantitative estimate of drug-likeness (QED) is 0.269. The molecule has 0 aliphatic carbocycles. The zero-order valence-corrected chi connectivity index (χ0v) is 9.32. The lowest BCUT2D eigenvalue weighted by molar-refractivity contribution is -0.346. The zero-order valence-electron chi connectivity index (χ0n) is 9.32. The Morgan fingerprint density at radius 1 is 1.39 bits per heavy atom. The molecule has 3 N–H and O–H groups in total. The molecular weight excluding hydrogens is 259 g/mol. The minimum Gasteiger partial charge on any atom is -0.461 e. The van der Waals surface area contributed by atoms with Crippen LogP contribution < -0.4 is 5.32 Å². The van der Waals surface area contributed by atoms with Crippen molar-refractivity contribution >= 4 is 12.4 Å². The Kier molecular flexibility index (Phi) is 5.79. The third-order valence-electron chi connectivity index (χ3n) is 1.75. The molecule has 0 aromatic rings. The van der Waals surface area contributed by atoms with Gasteiger partial charge in [0.25, 0.3) is 5.79 Å². The number of rotatable bonds is 6. The topological polar surface area (TPSA) is 95.9 Å². The average Bonchev–Trinajstić information content (AvgIpc) is 2.22. The second-order valence-corrected chi connectivity index (χ2v) is 3.12. The number of aliphatic hydroxyl groups is 2. The summed E-state index contributed by atoms with van der Waals surface area (Å²) in [5.74, 6) is -5.07. The lowest BCUT2D eigenvalue weighted by Gasteiger charge is -2.23. The van der Waals surface area contributed by atoms with Gasteiger partial charge in [0.05, 0.1) is 6.61 Å². The molecule has 0 heterocycles. The Morgan fingerprint density at radius 3 is 2.33 bits per heavy atom. The first-order chi connectivity index (χ1) is 8.15. The number of ether oxygens (including phenoxy) is 1. The van der Waals surface area contributed by atoms with Gasteiger partial charge >= 0.3 is 12.1 Å². The molecular formula is C9H12F3NO5. The van der Waals surface area contributed by atoms with Gasteiger partial charge in [0, 0.05) is 6.42 Å². The molecule has 6 nitrogen and oxygen atoms in total. The van der Waals surface area contributed by atoms with Crippen molar-refractivity contribution in [2.24, 2.45) is 0 Å². The lowest BCUT2D eigenvalue weighted by atomic mass is 10.1. The molecule has 9 heteroatoms. The second kappa shape index (κ2) is 6.36. The summed E-state index contributed by atoms with van der Waals surface area (Å²) in [6, 6.07) is 0. The number of amides is 1. The maximum atomic E-state index is 12.1. The van der Waals surface area contributed by atoms with Crippen LogP contribution in [0.15, 0.2) is 11.8 Å². The summed E-state index contributed by atoms with van der Waals surface area (Å²) in [4.78, 5) is 21.3. The van der Waals surface area contributed by atoms with Gasteiger partial charge in [-0.15, -0.1) is 0 Å². The first-order valence-corrected chi connectivity index (χ1v) is 4.74. The van der Waals surface area contributed by atoms with Gasteiger partial charge in [-0.1, -0.05) is 0 Å². The number of nitrogens with one attached hydrogen (secondary N) is 1. The number of carbonyl (C=O) groups excluding carboxylic acids is 2. The molecule has 0 saturated carbocycles. The van der Waals surface area contributed by atoms with Crippen LogP contribution in [-0.2, 0) is 14.3 Å². The predicted molar refractivity (Wildman–Crippen MR) is 51.8 cm³/mol. The van der Waals surface area contributed by atoms with Crippen molar-refractivity contribution in [1.29, 1.82) is 0 Å². The highest BCUT2D eigenvalue weighted by Gasteiger charge is 2.52. The minimum atomic E-state index is -5.29. The monoisotopic (exact) mass is 271 g/mol. The van der Waals surface area contributed by atoms with E-state index in [0.29, 0.717) is 6.08 Å². The van der Waals surface area contributed by atoms with Crippen molar-refractivity contribution in [3.63, 3.8) is 0 Å². The van der Waals surface area contributed by atoms with Crippen molar-refractivity contribution in [1.82, 2.24) is 5.32 Å². The van der Waals surface area contributed by atoms with Gasteiger partial charge < -0.3 is 20.3 Å². The van der Waals surface area contributed by atoms with E-state index in [1.54, 1.807) is 0 Å². The number of alkyl halides is 3. The van der Waals surface area contributed by atoms with Gasteiger partial charge in [-0.2, -0.15) is 13.2 Å². The number of hydrogen-bond acceptors (Lipinski definition) is 5. The maximum absolute atomic E-state index is 12.1. The van der Waals surface area contributed by atoms with E-state index < -0.39 is 30.1 Å². The van der Waals surface area contributed by atoms with E-state index in [1.165, 1.54) is 6.92 Å². The van der Waals surface area contributed by atoms with Crippen LogP contribution in [0.3, 0.4) is 0 Å². The Labute approximate surface area is 100 Å². The van der Waals surface area contributed by atoms with Crippen LogP contribution in [0.1, 0.15) is 13.3 Å². The van der Waals surface area contributed by atoms with Crippen LogP contribution >= 0.6 is 0 Å². The maximum Gasteiger partial charge on any atom is 0.443 e. The standard InChI is InChI=1S/C9H12F3NO5/c1-2-18-7(15)6(13-5-14)3-4-8(16,17)9(10,11)12/h3,5,16-17H,2,4H2,1H3,(H,13,14)/b6-3-. The molecule has 0 saturated heterocycles. The third kappa shape index (κ3) is 4.72. The van der Waals surface area contributed by atoms with E-state index in [2.05, 4.69) is 4.74 Å². The summed E-state index contributed by atoms with van der Waals surface area (Å²) in [6.45, 7) is 1.40. The van der Waals surface area contributed by atoms with Gasteiger partial charge in [-0.3, -0.25) is 4.79 Å². The molecule has 0 rings (SSSR count). The minimum absolute atomic E-state index is 0.0484. The SMILES string of the molecule is CCOC(=O)/C(=C/CC(O)(O)C(F)(F)F)NC=O. The molecule has 0 radical (unpaired) electrons. The Bertz CT molecular complexity index is 338. The van der Waals surface area contributed by atoms with Gasteiger partial charge in [0.2, 0.25) is 6.41 Å². The van der Waals surface area contributed by atoms with Crippen LogP contribution in [0.5, 0.6) is 0 Å². The van der Waals surface area contributed by atoms with Crippen molar-refractivity contribution in [2.75, 3.05) is 6.61 Å². The molecule has 0 aliphatic rings. The zero-order chi connectivity index (χ0) is 14.4. The molecule has 1 amide bonds. The number of esters is 1. The number of hydrogen-bond donors (Lipinski definition) is 3. The summed E-state index contributed by atoms with van der Waals surface area (Å²) in [7, 11) is 0. The second-order valence-electron chi connectivity index (χ2n) is 3.12. The van der Waals surface area contributed by atoms with Crippen LogP contribution in [0.4, 0.5) is 13.2 Å². The number of carbonyl (C=O) groups is 2. The summed E-state index contributed by atoms with van der Waals surface area (Å²) >= 11 is 0. The molecule has 0 aromatic carbocycles. The summed E-state index contributed by atoms with van der Waals surface area (Å²) in [5, 5.41) is 19.2. The first-order valence-electron chi connectivity index (χ1n) is 4.74. The first kappa shape index (κ1) is 16.4. The normalized spacial score (nSPS) is 13.1. The highest BCUT2D eigenvalue weighted by atomic mass is 19.4. The van der Waals surface area contributed by atoms with Crippen LogP contribution in [0.25, 0.3) is 0 Å². The predicted octanol–water partition coefficient (Wildman–Crippen LogP) is -0.187. The molecule has 0 unspecified atom stereocenters. The summed E-state index contributed by atoms with van der Waals surface area (Å²) in [5.41, 5.74) is -0.608. The van der Waals surface area contributed by atoms with Crippen molar-refractivity contribution in [3.05, 3.63) is 11.8 Å². The Balaban J connectivity index is 4.88. The molecule has 0 spiro atoms. The molecule has 0 atom stereocenters. The fourth-order valence-corrected chi connectivity index (χ4v) is 0.834. The molecule has 104 valence electrons. The van der Waals surface area contributed by atoms with Gasteiger partial charge in [0.15, 0.2) is 0 Å². The molecule has 18 heavy (non-hydrogen) atoms. The fourth-order valence-electron chi connectivity index (χ4n) is 0.834. The van der Waals surface area contributed by atoms with Gasteiger partial charge in [-0.05, 0) is 13.0 Å². The summed E-state index contributed by atoms with van der Waals surface area (Å²) < 4.78 is 40.7. The van der Waals surface area contributed by atoms with Crippen molar-refractivity contribution in [2.45, 2.75) is 25.3 Å². The van der Waals surface area contributed by atoms with Gasteiger partial charge in [-0.25, -0.2) is 4.79 Å². The lowest BCUT2D eigenvalue weighted by Crippen LogP contribution is -2.44. The van der Waals surface area contributed by atoms with Gasteiger partial charge in [0.1, 0.15) is 5.70 Å². The van der Waals surface area contributed by atoms with E-state index in [0.717, 1.165) is 0 Å². The highest BCUT2D eigenvalue weighted by molar-refractivity contribution is 5.90. The van der Waals surface area contributed by atoms with E-state index in [-0.39, 0.29) is 13.0 Å². The fraction of sp³-hybridized carbons (Fsp3) is 0.556. The van der Waals surface area contributed by atoms with Crippen molar-refractivity contribution < 1.29 is 37.7 Å². The van der Waals surface area contributed by atoms with E-state index in [9.17, 15) is 22.8 Å². The van der Waals surface area contributed by atoms with Crippen LogP contribution in [-0.4, -0.2) is 41.2 Å². The van der Waals surface area contributed by atoms with Crippen LogP contribution in [0, 0.1) is 0 Å². The molecule has 0 aliphatic heterocycles. The Hall–Kier alpha value is -1.61. The molecule has 0 aromatic heterocycles. The smallest absolute Gasteiger partial charge is 0.443 e. The molecule has 0 bridgehead atoms. The van der Waals surface area contributed by atoms with E-state index >= 15 is 0 Å². The summed E-state index contributed by atoms with van der Waals surface area (Å²) in [6.07, 6.45) is -6.05. The highest BCUT2D eigenvalue weighted by Crippen LogP contribution is 2.31.